The maximum Gasteiger partial charge on any atom is 0.0992 e. The zero-order valence-corrected chi connectivity index (χ0v) is 14.7. The Labute approximate surface area is 149 Å². The molecule has 0 aromatic carbocycles. The lowest BCUT2D eigenvalue weighted by molar-refractivity contribution is -0.118. The Kier molecular flexibility index (Phi) is 5.06. The molecule has 2 aromatic rings. The highest BCUT2D eigenvalue weighted by atomic mass is 16.5. The molecule has 0 N–H and O–H groups in total. The zero-order chi connectivity index (χ0) is 17.1. The first-order valence-electron chi connectivity index (χ1n) is 9.08. The second kappa shape index (κ2) is 7.60. The Morgan fingerprint density at radius 3 is 3.04 bits per heavy atom. The largest absolute Gasteiger partial charge is 0.373 e. The third-order valence-electron chi connectivity index (χ3n) is 5.15. The summed E-state index contributed by atoms with van der Waals surface area (Å²) in [5.41, 5.74) is 3.33. The second-order valence-electron chi connectivity index (χ2n) is 6.93. The number of fused-ring (bicyclic) bond motifs is 1. The summed E-state index contributed by atoms with van der Waals surface area (Å²) in [6, 6.07) is 10.7. The van der Waals surface area contributed by atoms with Gasteiger partial charge in [0.05, 0.1) is 31.1 Å². The minimum atomic E-state index is 0.162. The Morgan fingerprint density at radius 1 is 1.24 bits per heavy atom. The van der Waals surface area contributed by atoms with Crippen molar-refractivity contribution in [1.29, 1.82) is 0 Å². The smallest absolute Gasteiger partial charge is 0.0992 e. The van der Waals surface area contributed by atoms with E-state index in [9.17, 15) is 0 Å². The van der Waals surface area contributed by atoms with Crippen LogP contribution in [0.2, 0.25) is 0 Å². The monoisotopic (exact) mass is 339 g/mol. The molecule has 0 amide bonds. The highest BCUT2D eigenvalue weighted by Crippen LogP contribution is 2.33. The van der Waals surface area contributed by atoms with Crippen LogP contribution in [0.25, 0.3) is 0 Å². The van der Waals surface area contributed by atoms with E-state index in [0.29, 0.717) is 12.6 Å². The fourth-order valence-electron chi connectivity index (χ4n) is 3.95. The van der Waals surface area contributed by atoms with Crippen LogP contribution in [0.4, 0.5) is 0 Å². The van der Waals surface area contributed by atoms with Crippen LogP contribution in [0.1, 0.15) is 29.8 Å². The topological polar surface area (TPSA) is 47.5 Å². The Hall–Kier alpha value is -1.82. The molecule has 1 saturated carbocycles. The summed E-state index contributed by atoms with van der Waals surface area (Å²) in [6.07, 6.45) is 6.15. The summed E-state index contributed by atoms with van der Waals surface area (Å²) in [4.78, 5) is 11.3. The van der Waals surface area contributed by atoms with Crippen molar-refractivity contribution >= 4 is 0 Å². The van der Waals surface area contributed by atoms with Gasteiger partial charge in [-0.05, 0) is 43.5 Å². The first-order valence-corrected chi connectivity index (χ1v) is 9.08. The minimum Gasteiger partial charge on any atom is -0.373 e. The first-order chi connectivity index (χ1) is 12.3. The molecule has 3 atom stereocenters. The lowest BCUT2D eigenvalue weighted by Gasteiger charge is -2.38. The lowest BCUT2D eigenvalue weighted by atomic mass is 10.1. The summed E-state index contributed by atoms with van der Waals surface area (Å²) in [6.45, 7) is 5.27. The lowest BCUT2D eigenvalue weighted by Crippen LogP contribution is -2.51. The van der Waals surface area contributed by atoms with Crippen molar-refractivity contribution < 1.29 is 9.47 Å². The minimum absolute atomic E-state index is 0.162. The molecule has 0 unspecified atom stereocenters. The molecule has 1 aliphatic heterocycles. The van der Waals surface area contributed by atoms with Crippen molar-refractivity contribution in [2.24, 2.45) is 0 Å². The number of pyridine rings is 2. The molecule has 1 aliphatic carbocycles. The number of aromatic nitrogens is 2. The number of ether oxygens (including phenoxy) is 2. The van der Waals surface area contributed by atoms with Gasteiger partial charge in [0.2, 0.25) is 0 Å². The molecule has 2 aromatic heterocycles. The van der Waals surface area contributed by atoms with E-state index in [4.69, 9.17) is 9.47 Å². The van der Waals surface area contributed by atoms with Gasteiger partial charge in [-0.1, -0.05) is 12.1 Å². The standard InChI is InChI=1S/C20H25N3O2/c1-15-4-2-6-17(22-15)13-23-10-11-24-20-18(23)7-8-19(20)25-14-16-5-3-9-21-12-16/h2-6,9,12,18-20H,7-8,10-11,13-14H2,1H3/t18-,19-,20+/m0/s1. The highest BCUT2D eigenvalue weighted by molar-refractivity contribution is 5.11. The van der Waals surface area contributed by atoms with Gasteiger partial charge < -0.3 is 9.47 Å². The maximum atomic E-state index is 6.17. The van der Waals surface area contributed by atoms with Crippen molar-refractivity contribution in [3.05, 3.63) is 59.7 Å². The fraction of sp³-hybridized carbons (Fsp3) is 0.500. The van der Waals surface area contributed by atoms with Crippen LogP contribution in [0.3, 0.4) is 0 Å². The molecule has 2 fully saturated rings. The molecule has 132 valence electrons. The van der Waals surface area contributed by atoms with Gasteiger partial charge in [0.1, 0.15) is 0 Å². The third kappa shape index (κ3) is 3.89. The van der Waals surface area contributed by atoms with Crippen LogP contribution in [-0.2, 0) is 22.6 Å². The van der Waals surface area contributed by atoms with E-state index in [-0.39, 0.29) is 12.2 Å². The van der Waals surface area contributed by atoms with Crippen LogP contribution >= 0.6 is 0 Å². The van der Waals surface area contributed by atoms with E-state index in [1.165, 1.54) is 0 Å². The maximum absolute atomic E-state index is 6.17. The molecule has 0 spiro atoms. The number of morpholine rings is 1. The molecule has 5 nitrogen and oxygen atoms in total. The molecule has 0 bridgehead atoms. The fourth-order valence-corrected chi connectivity index (χ4v) is 3.95. The number of hydrogen-bond donors (Lipinski definition) is 0. The summed E-state index contributed by atoms with van der Waals surface area (Å²) < 4.78 is 12.3. The molecule has 3 heterocycles. The van der Waals surface area contributed by atoms with E-state index >= 15 is 0 Å². The Morgan fingerprint density at radius 2 is 2.20 bits per heavy atom. The summed E-state index contributed by atoms with van der Waals surface area (Å²) >= 11 is 0. The van der Waals surface area contributed by atoms with E-state index in [1.54, 1.807) is 6.20 Å². The van der Waals surface area contributed by atoms with Crippen molar-refractivity contribution in [3.63, 3.8) is 0 Å². The van der Waals surface area contributed by atoms with Gasteiger partial charge in [0.15, 0.2) is 0 Å². The van der Waals surface area contributed by atoms with Crippen molar-refractivity contribution in [3.8, 4) is 0 Å². The molecule has 25 heavy (non-hydrogen) atoms. The normalized spacial score (nSPS) is 26.5. The average molecular weight is 339 g/mol. The summed E-state index contributed by atoms with van der Waals surface area (Å²) in [5, 5.41) is 0. The van der Waals surface area contributed by atoms with Crippen molar-refractivity contribution in [1.82, 2.24) is 14.9 Å². The zero-order valence-electron chi connectivity index (χ0n) is 14.7. The Balaban J connectivity index is 1.38. The third-order valence-corrected chi connectivity index (χ3v) is 5.15. The van der Waals surface area contributed by atoms with Crippen LogP contribution in [0.5, 0.6) is 0 Å². The van der Waals surface area contributed by atoms with E-state index in [0.717, 1.165) is 49.5 Å². The van der Waals surface area contributed by atoms with E-state index in [1.807, 2.05) is 25.3 Å². The highest BCUT2D eigenvalue weighted by Gasteiger charge is 2.43. The van der Waals surface area contributed by atoms with Crippen LogP contribution in [-0.4, -0.2) is 46.3 Å². The number of hydrogen-bond acceptors (Lipinski definition) is 5. The van der Waals surface area contributed by atoms with Crippen LogP contribution in [0.15, 0.2) is 42.7 Å². The predicted octanol–water partition coefficient (Wildman–Crippen LogP) is 2.73. The summed E-state index contributed by atoms with van der Waals surface area (Å²) in [7, 11) is 0. The van der Waals surface area contributed by atoms with Crippen LogP contribution < -0.4 is 0 Å². The van der Waals surface area contributed by atoms with Gasteiger partial charge in [-0.25, -0.2) is 0 Å². The number of aryl methyl sites for hydroxylation is 1. The van der Waals surface area contributed by atoms with E-state index < -0.39 is 0 Å². The second-order valence-corrected chi connectivity index (χ2v) is 6.93. The van der Waals surface area contributed by atoms with Crippen molar-refractivity contribution in [2.75, 3.05) is 13.2 Å². The van der Waals surface area contributed by atoms with E-state index in [2.05, 4.69) is 33.1 Å². The average Bonchev–Trinajstić information content (AvgIpc) is 3.05. The molecule has 0 radical (unpaired) electrons. The SMILES string of the molecule is Cc1cccc(CN2CCO[C@H]3[C@@H](OCc4cccnc4)CC[C@@H]32)n1. The van der Waals surface area contributed by atoms with Crippen LogP contribution in [0, 0.1) is 6.92 Å². The first kappa shape index (κ1) is 16.6. The van der Waals surface area contributed by atoms with Gasteiger partial charge in [-0.15, -0.1) is 0 Å². The van der Waals surface area contributed by atoms with Gasteiger partial charge in [0.25, 0.3) is 0 Å². The quantitative estimate of drug-likeness (QED) is 0.838. The molecular formula is C20H25N3O2. The molecule has 5 heteroatoms. The molecule has 4 rings (SSSR count). The molecule has 2 aliphatic rings. The summed E-state index contributed by atoms with van der Waals surface area (Å²) in [5.74, 6) is 0. The Bertz CT molecular complexity index is 694. The molecule has 1 saturated heterocycles. The molecular weight excluding hydrogens is 314 g/mol. The van der Waals surface area contributed by atoms with Gasteiger partial charge in [-0.2, -0.15) is 0 Å². The van der Waals surface area contributed by atoms with Gasteiger partial charge >= 0.3 is 0 Å². The number of rotatable bonds is 5. The van der Waals surface area contributed by atoms with Gasteiger partial charge in [0, 0.05) is 37.2 Å². The predicted molar refractivity (Wildman–Crippen MR) is 95.0 cm³/mol. The van der Waals surface area contributed by atoms with Gasteiger partial charge in [-0.3, -0.25) is 14.9 Å². The number of nitrogens with zero attached hydrogens (tertiary/aromatic N) is 3. The van der Waals surface area contributed by atoms with Crippen molar-refractivity contribution in [2.45, 2.75) is 51.2 Å².